The van der Waals surface area contributed by atoms with E-state index in [2.05, 4.69) is 24.0 Å². The van der Waals surface area contributed by atoms with Gasteiger partial charge in [0.15, 0.2) is 0 Å². The number of carbonyl (C=O) groups is 1. The predicted octanol–water partition coefficient (Wildman–Crippen LogP) is 1.43. The minimum absolute atomic E-state index is 0.147. The first-order chi connectivity index (χ1) is 8.02. The zero-order valence-electron chi connectivity index (χ0n) is 11.0. The van der Waals surface area contributed by atoms with Gasteiger partial charge in [-0.15, -0.1) is 11.8 Å². The lowest BCUT2D eigenvalue weighted by Gasteiger charge is -2.45. The van der Waals surface area contributed by atoms with E-state index in [0.29, 0.717) is 0 Å². The molecule has 0 aliphatic carbocycles. The topological polar surface area (TPSA) is 35.6 Å². The molecule has 98 valence electrons. The molecular formula is C12H23N3OS. The zero-order valence-corrected chi connectivity index (χ0v) is 11.8. The lowest BCUT2D eigenvalue weighted by Crippen LogP contribution is -2.56. The molecule has 4 nitrogen and oxygen atoms in total. The highest BCUT2D eigenvalue weighted by molar-refractivity contribution is 8.00. The van der Waals surface area contributed by atoms with Crippen molar-refractivity contribution in [1.29, 1.82) is 0 Å². The van der Waals surface area contributed by atoms with Crippen LogP contribution in [0.25, 0.3) is 0 Å². The monoisotopic (exact) mass is 257 g/mol. The summed E-state index contributed by atoms with van der Waals surface area (Å²) in [6.45, 7) is 5.17. The number of thioether (sulfide) groups is 1. The van der Waals surface area contributed by atoms with Crippen molar-refractivity contribution in [2.45, 2.75) is 24.6 Å². The molecule has 1 N–H and O–H groups in total. The van der Waals surface area contributed by atoms with Gasteiger partial charge < -0.3 is 15.1 Å². The maximum atomic E-state index is 11.8. The minimum atomic E-state index is 0.147. The number of likely N-dealkylation sites (tertiary alicyclic amines) is 1. The third-order valence-corrected chi connectivity index (χ3v) is 5.48. The van der Waals surface area contributed by atoms with Gasteiger partial charge >= 0.3 is 6.03 Å². The van der Waals surface area contributed by atoms with Crippen molar-refractivity contribution in [3.8, 4) is 0 Å². The lowest BCUT2D eigenvalue weighted by molar-refractivity contribution is 0.146. The van der Waals surface area contributed by atoms with Crippen molar-refractivity contribution in [2.75, 3.05) is 39.5 Å². The van der Waals surface area contributed by atoms with Gasteiger partial charge in [0.05, 0.1) is 4.87 Å². The summed E-state index contributed by atoms with van der Waals surface area (Å²) in [5.74, 6) is 2.02. The lowest BCUT2D eigenvalue weighted by atomic mass is 10.0. The summed E-state index contributed by atoms with van der Waals surface area (Å²) in [4.78, 5) is 15.7. The van der Waals surface area contributed by atoms with Crippen molar-refractivity contribution in [1.82, 2.24) is 15.1 Å². The van der Waals surface area contributed by atoms with Crippen molar-refractivity contribution >= 4 is 17.8 Å². The summed E-state index contributed by atoms with van der Waals surface area (Å²) in [6, 6.07) is 0.147. The number of hydrogen-bond donors (Lipinski definition) is 1. The fourth-order valence-electron chi connectivity index (χ4n) is 2.44. The number of nitrogens with zero attached hydrogens (tertiary/aromatic N) is 2. The number of hydrogen-bond acceptors (Lipinski definition) is 3. The highest BCUT2D eigenvalue weighted by atomic mass is 32.2. The first-order valence-corrected chi connectivity index (χ1v) is 7.36. The van der Waals surface area contributed by atoms with Crippen molar-refractivity contribution < 1.29 is 4.79 Å². The Morgan fingerprint density at radius 3 is 2.53 bits per heavy atom. The van der Waals surface area contributed by atoms with E-state index in [0.717, 1.165) is 38.4 Å². The van der Waals surface area contributed by atoms with E-state index in [1.165, 1.54) is 5.75 Å². The third kappa shape index (κ3) is 2.88. The average Bonchev–Trinajstić information content (AvgIpc) is 2.33. The van der Waals surface area contributed by atoms with Crippen molar-refractivity contribution in [2.24, 2.45) is 5.92 Å². The van der Waals surface area contributed by atoms with Crippen molar-refractivity contribution in [3.05, 3.63) is 0 Å². The Balaban J connectivity index is 1.87. The molecule has 5 heteroatoms. The van der Waals surface area contributed by atoms with Crippen LogP contribution in [-0.2, 0) is 0 Å². The second kappa shape index (κ2) is 5.06. The number of piperidine rings is 1. The van der Waals surface area contributed by atoms with Crippen LogP contribution in [0.4, 0.5) is 4.79 Å². The molecule has 2 amide bonds. The molecule has 0 bridgehead atoms. The molecule has 2 rings (SSSR count). The third-order valence-electron chi connectivity index (χ3n) is 3.64. The summed E-state index contributed by atoms with van der Waals surface area (Å²) in [6.07, 6.45) is 2.15. The molecule has 1 spiro atoms. The molecule has 0 saturated carbocycles. The van der Waals surface area contributed by atoms with E-state index in [-0.39, 0.29) is 10.9 Å². The molecule has 1 unspecified atom stereocenters. The Bertz CT molecular complexity index is 277. The second-order valence-corrected chi connectivity index (χ2v) is 6.86. The Morgan fingerprint density at radius 2 is 2.06 bits per heavy atom. The maximum absolute atomic E-state index is 11.8. The normalized spacial score (nSPS) is 28.2. The first-order valence-electron chi connectivity index (χ1n) is 6.38. The summed E-state index contributed by atoms with van der Waals surface area (Å²) >= 11 is 2.05. The Kier molecular flexibility index (Phi) is 3.88. The number of rotatable bonds is 0. The van der Waals surface area contributed by atoms with E-state index in [1.54, 1.807) is 4.90 Å². The van der Waals surface area contributed by atoms with E-state index in [1.807, 2.05) is 19.0 Å². The fourth-order valence-corrected chi connectivity index (χ4v) is 3.81. The van der Waals surface area contributed by atoms with Gasteiger partial charge in [-0.25, -0.2) is 4.79 Å². The summed E-state index contributed by atoms with van der Waals surface area (Å²) in [5, 5.41) is 3.68. The molecule has 2 saturated heterocycles. The predicted molar refractivity (Wildman–Crippen MR) is 72.2 cm³/mol. The summed E-state index contributed by atoms with van der Waals surface area (Å²) < 4.78 is 0. The maximum Gasteiger partial charge on any atom is 0.319 e. The van der Waals surface area contributed by atoms with Gasteiger partial charge in [0, 0.05) is 27.2 Å². The van der Waals surface area contributed by atoms with E-state index in [9.17, 15) is 4.79 Å². The Labute approximate surface area is 108 Å². The SMILES string of the molecule is CC1CNC2(CCN(C(=O)N(C)C)CC2)SC1. The highest BCUT2D eigenvalue weighted by Crippen LogP contribution is 2.37. The molecule has 2 fully saturated rings. The smallest absolute Gasteiger partial charge is 0.319 e. The van der Waals surface area contributed by atoms with Gasteiger partial charge in [-0.05, 0) is 31.1 Å². The molecule has 17 heavy (non-hydrogen) atoms. The standard InChI is InChI=1S/C12H23N3OS/c1-10-8-13-12(17-9-10)4-6-15(7-5-12)11(16)14(2)3/h10,13H,4-9H2,1-3H3. The molecule has 2 aliphatic heterocycles. The molecule has 0 radical (unpaired) electrons. The molecule has 0 aromatic carbocycles. The van der Waals surface area contributed by atoms with Crippen LogP contribution in [0.3, 0.4) is 0 Å². The zero-order chi connectivity index (χ0) is 12.5. The molecule has 2 heterocycles. The fraction of sp³-hybridized carbons (Fsp3) is 0.917. The molecule has 0 aromatic rings. The number of carbonyl (C=O) groups excluding carboxylic acids is 1. The van der Waals surface area contributed by atoms with E-state index >= 15 is 0 Å². The first kappa shape index (κ1) is 13.0. The Hall–Kier alpha value is -0.420. The number of amides is 2. The van der Waals surface area contributed by atoms with Crippen LogP contribution in [0.1, 0.15) is 19.8 Å². The van der Waals surface area contributed by atoms with E-state index < -0.39 is 0 Å². The summed E-state index contributed by atoms with van der Waals surface area (Å²) in [7, 11) is 3.64. The van der Waals surface area contributed by atoms with Crippen LogP contribution in [0.2, 0.25) is 0 Å². The van der Waals surface area contributed by atoms with Gasteiger partial charge in [-0.3, -0.25) is 0 Å². The number of urea groups is 1. The van der Waals surface area contributed by atoms with Crippen LogP contribution in [0.5, 0.6) is 0 Å². The highest BCUT2D eigenvalue weighted by Gasteiger charge is 2.38. The van der Waals surface area contributed by atoms with Crippen molar-refractivity contribution in [3.63, 3.8) is 0 Å². The van der Waals surface area contributed by atoms with Gasteiger partial charge in [-0.1, -0.05) is 6.92 Å². The average molecular weight is 257 g/mol. The van der Waals surface area contributed by atoms with Gasteiger partial charge in [0.2, 0.25) is 0 Å². The minimum Gasteiger partial charge on any atom is -0.331 e. The van der Waals surface area contributed by atoms with Crippen LogP contribution in [0, 0.1) is 5.92 Å². The molecule has 0 aromatic heterocycles. The van der Waals surface area contributed by atoms with Crippen LogP contribution < -0.4 is 5.32 Å². The molecule has 1 atom stereocenters. The van der Waals surface area contributed by atoms with Crippen LogP contribution >= 0.6 is 11.8 Å². The number of nitrogens with one attached hydrogen (secondary N) is 1. The van der Waals surface area contributed by atoms with Gasteiger partial charge in [-0.2, -0.15) is 0 Å². The Morgan fingerprint density at radius 1 is 1.41 bits per heavy atom. The van der Waals surface area contributed by atoms with Crippen LogP contribution in [0.15, 0.2) is 0 Å². The summed E-state index contributed by atoms with van der Waals surface area (Å²) in [5.41, 5.74) is 0. The van der Waals surface area contributed by atoms with Gasteiger partial charge in [0.25, 0.3) is 0 Å². The van der Waals surface area contributed by atoms with Crippen LogP contribution in [-0.4, -0.2) is 60.2 Å². The molecule has 2 aliphatic rings. The largest absolute Gasteiger partial charge is 0.331 e. The van der Waals surface area contributed by atoms with Gasteiger partial charge in [0.1, 0.15) is 0 Å². The van der Waals surface area contributed by atoms with E-state index in [4.69, 9.17) is 0 Å². The second-order valence-electron chi connectivity index (χ2n) is 5.46. The molecular weight excluding hydrogens is 234 g/mol. The quantitative estimate of drug-likeness (QED) is 0.713.